The highest BCUT2D eigenvalue weighted by Gasteiger charge is 2.16. The molecule has 0 radical (unpaired) electrons. The van der Waals surface area contributed by atoms with Crippen LogP contribution in [0.3, 0.4) is 0 Å². The quantitative estimate of drug-likeness (QED) is 0.241. The fourth-order valence-corrected chi connectivity index (χ4v) is 2.70. The molecule has 0 fully saturated rings. The van der Waals surface area contributed by atoms with Crippen molar-refractivity contribution in [3.05, 3.63) is 69.3 Å². The molecule has 8 nitrogen and oxygen atoms in total. The highest BCUT2D eigenvalue weighted by atomic mass is 16.6. The highest BCUT2D eigenvalue weighted by molar-refractivity contribution is 5.99. The number of aryl methyl sites for hydroxylation is 1. The molecule has 0 amide bonds. The topological polar surface area (TPSA) is 105 Å². The zero-order chi connectivity index (χ0) is 20.8. The molecule has 150 valence electrons. The minimum atomic E-state index is -0.702. The average Bonchev–Trinajstić information content (AvgIpc) is 2.95. The summed E-state index contributed by atoms with van der Waals surface area (Å²) in [6.45, 7) is 2.22. The van der Waals surface area contributed by atoms with Gasteiger partial charge in [0.25, 0.3) is 5.69 Å². The van der Waals surface area contributed by atoms with Crippen LogP contribution in [0.2, 0.25) is 0 Å². The van der Waals surface area contributed by atoms with E-state index in [1.165, 1.54) is 30.4 Å². The lowest BCUT2D eigenvalue weighted by molar-refractivity contribution is -0.385. The van der Waals surface area contributed by atoms with E-state index in [0.717, 1.165) is 6.42 Å². The van der Waals surface area contributed by atoms with Gasteiger partial charge >= 0.3 is 5.97 Å². The van der Waals surface area contributed by atoms with Crippen LogP contribution in [-0.4, -0.2) is 36.5 Å². The van der Waals surface area contributed by atoms with Crippen LogP contribution in [0, 0.1) is 17.0 Å². The lowest BCUT2D eigenvalue weighted by atomic mass is 10.1. The molecule has 0 unspecified atom stereocenters. The van der Waals surface area contributed by atoms with Crippen LogP contribution in [0.25, 0.3) is 6.08 Å². The van der Waals surface area contributed by atoms with E-state index in [0.29, 0.717) is 35.8 Å². The van der Waals surface area contributed by atoms with Gasteiger partial charge in [0.05, 0.1) is 18.1 Å². The summed E-state index contributed by atoms with van der Waals surface area (Å²) < 4.78 is 16.1. The maximum atomic E-state index is 12.1. The van der Waals surface area contributed by atoms with Gasteiger partial charge in [0.2, 0.25) is 5.78 Å². The van der Waals surface area contributed by atoms with E-state index in [9.17, 15) is 19.7 Å². The summed E-state index contributed by atoms with van der Waals surface area (Å²) in [5.74, 6) is 0.0340. The molecule has 29 heavy (non-hydrogen) atoms. The second kappa shape index (κ2) is 9.01. The number of benzene rings is 2. The Morgan fingerprint density at radius 1 is 1.14 bits per heavy atom. The Kier molecular flexibility index (Phi) is 6.23. The summed E-state index contributed by atoms with van der Waals surface area (Å²) in [4.78, 5) is 34.5. The van der Waals surface area contributed by atoms with Crippen molar-refractivity contribution in [2.75, 3.05) is 19.8 Å². The molecule has 0 saturated heterocycles. The third-order valence-electron chi connectivity index (χ3n) is 4.26. The third-order valence-corrected chi connectivity index (χ3v) is 4.26. The molecule has 2 aromatic rings. The number of carbonyl (C=O) groups excluding carboxylic acids is 2. The maximum absolute atomic E-state index is 12.1. The zero-order valence-electron chi connectivity index (χ0n) is 15.8. The van der Waals surface area contributed by atoms with Gasteiger partial charge in [-0.1, -0.05) is 18.2 Å². The molecule has 2 aromatic carbocycles. The van der Waals surface area contributed by atoms with Gasteiger partial charge in [-0.2, -0.15) is 0 Å². The molecule has 0 bridgehead atoms. The number of ketones is 1. The molecule has 0 N–H and O–H groups in total. The SMILES string of the molecule is Cc1ccc(C(=O)COC(=O)/C=C/c2ccc3c(c2)OCCCO3)cc1[N+](=O)[O-]. The molecule has 0 spiro atoms. The average molecular weight is 397 g/mol. The lowest BCUT2D eigenvalue weighted by Gasteiger charge is -2.07. The third kappa shape index (κ3) is 5.19. The lowest BCUT2D eigenvalue weighted by Crippen LogP contribution is -2.13. The predicted molar refractivity (Wildman–Crippen MR) is 104 cm³/mol. The first-order valence-electron chi connectivity index (χ1n) is 8.97. The van der Waals surface area contributed by atoms with Gasteiger partial charge in [-0.05, 0) is 30.7 Å². The fourth-order valence-electron chi connectivity index (χ4n) is 2.70. The molecular weight excluding hydrogens is 378 g/mol. The fraction of sp³-hybridized carbons (Fsp3) is 0.238. The van der Waals surface area contributed by atoms with Crippen LogP contribution in [0.5, 0.6) is 11.5 Å². The normalized spacial score (nSPS) is 13.0. The Bertz CT molecular complexity index is 981. The van der Waals surface area contributed by atoms with Crippen LogP contribution in [0.1, 0.15) is 27.9 Å². The first-order chi connectivity index (χ1) is 13.9. The maximum Gasteiger partial charge on any atom is 0.331 e. The van der Waals surface area contributed by atoms with Gasteiger partial charge in [-0.3, -0.25) is 14.9 Å². The molecule has 8 heteroatoms. The zero-order valence-corrected chi connectivity index (χ0v) is 15.8. The second-order valence-corrected chi connectivity index (χ2v) is 6.38. The van der Waals surface area contributed by atoms with Crippen molar-refractivity contribution in [2.24, 2.45) is 0 Å². The Morgan fingerprint density at radius 3 is 2.66 bits per heavy atom. The molecule has 0 atom stereocenters. The van der Waals surface area contributed by atoms with Crippen molar-refractivity contribution >= 4 is 23.5 Å². The first kappa shape index (κ1) is 20.1. The number of hydrogen-bond donors (Lipinski definition) is 0. The van der Waals surface area contributed by atoms with Crippen molar-refractivity contribution in [3.63, 3.8) is 0 Å². The number of esters is 1. The Hall–Kier alpha value is -3.68. The monoisotopic (exact) mass is 397 g/mol. The van der Waals surface area contributed by atoms with Gasteiger partial charge in [-0.15, -0.1) is 0 Å². The molecular formula is C21H19NO7. The van der Waals surface area contributed by atoms with Gasteiger partial charge in [0.15, 0.2) is 18.1 Å². The van der Waals surface area contributed by atoms with E-state index in [1.807, 2.05) is 0 Å². The van der Waals surface area contributed by atoms with Crippen molar-refractivity contribution in [3.8, 4) is 11.5 Å². The number of rotatable bonds is 6. The second-order valence-electron chi connectivity index (χ2n) is 6.38. The van der Waals surface area contributed by atoms with Crippen LogP contribution < -0.4 is 9.47 Å². The van der Waals surface area contributed by atoms with Gasteiger partial charge in [0.1, 0.15) is 0 Å². The Balaban J connectivity index is 1.58. The van der Waals surface area contributed by atoms with E-state index in [4.69, 9.17) is 14.2 Å². The Labute approximate surface area is 166 Å². The van der Waals surface area contributed by atoms with E-state index in [1.54, 1.807) is 25.1 Å². The molecule has 1 heterocycles. The predicted octanol–water partition coefficient (Wildman–Crippen LogP) is 3.50. The summed E-state index contributed by atoms with van der Waals surface area (Å²) in [6, 6.07) is 9.41. The highest BCUT2D eigenvalue weighted by Crippen LogP contribution is 2.30. The number of Topliss-reactive ketones (excluding diaryl/α,β-unsaturated/α-hetero) is 1. The largest absolute Gasteiger partial charge is 0.490 e. The number of hydrogen-bond acceptors (Lipinski definition) is 7. The molecule has 0 aromatic heterocycles. The summed E-state index contributed by atoms with van der Waals surface area (Å²) in [6.07, 6.45) is 3.53. The van der Waals surface area contributed by atoms with E-state index in [-0.39, 0.29) is 11.3 Å². The molecule has 0 aliphatic carbocycles. The minimum Gasteiger partial charge on any atom is -0.490 e. The van der Waals surface area contributed by atoms with E-state index < -0.39 is 23.3 Å². The molecule has 1 aliphatic rings. The molecule has 0 saturated carbocycles. The van der Waals surface area contributed by atoms with E-state index >= 15 is 0 Å². The molecule has 1 aliphatic heterocycles. The van der Waals surface area contributed by atoms with Gasteiger partial charge in [0, 0.05) is 29.7 Å². The van der Waals surface area contributed by atoms with Gasteiger partial charge in [-0.25, -0.2) is 4.79 Å². The number of nitro benzene ring substituents is 1. The van der Waals surface area contributed by atoms with Crippen molar-refractivity contribution in [1.29, 1.82) is 0 Å². The minimum absolute atomic E-state index is 0.113. The Morgan fingerprint density at radius 2 is 1.90 bits per heavy atom. The number of ether oxygens (including phenoxy) is 3. The van der Waals surface area contributed by atoms with Crippen molar-refractivity contribution in [2.45, 2.75) is 13.3 Å². The first-order valence-corrected chi connectivity index (χ1v) is 8.97. The van der Waals surface area contributed by atoms with Crippen molar-refractivity contribution < 1.29 is 28.7 Å². The number of nitro groups is 1. The van der Waals surface area contributed by atoms with E-state index in [2.05, 4.69) is 0 Å². The standard InChI is InChI=1S/C21H19NO7/c1-14-3-6-16(12-17(14)22(25)26)18(23)13-29-21(24)8-5-15-4-7-19-20(11-15)28-10-2-9-27-19/h3-8,11-12H,2,9-10,13H2,1H3/b8-5+. The molecule has 3 rings (SSSR count). The summed E-state index contributed by atoms with van der Waals surface area (Å²) in [5.41, 5.74) is 1.12. The van der Waals surface area contributed by atoms with Crippen LogP contribution in [0.4, 0.5) is 5.69 Å². The summed E-state index contributed by atoms with van der Waals surface area (Å²) >= 11 is 0. The van der Waals surface area contributed by atoms with Crippen LogP contribution in [-0.2, 0) is 9.53 Å². The van der Waals surface area contributed by atoms with Crippen LogP contribution >= 0.6 is 0 Å². The summed E-state index contributed by atoms with van der Waals surface area (Å²) in [5, 5.41) is 11.0. The van der Waals surface area contributed by atoms with Gasteiger partial charge < -0.3 is 14.2 Å². The number of nitrogens with zero attached hydrogens (tertiary/aromatic N) is 1. The number of carbonyl (C=O) groups is 2. The number of fused-ring (bicyclic) bond motifs is 1. The van der Waals surface area contributed by atoms with Crippen molar-refractivity contribution in [1.82, 2.24) is 0 Å². The smallest absolute Gasteiger partial charge is 0.331 e. The van der Waals surface area contributed by atoms with Crippen LogP contribution in [0.15, 0.2) is 42.5 Å². The summed E-state index contributed by atoms with van der Waals surface area (Å²) in [7, 11) is 0.